The van der Waals surface area contributed by atoms with E-state index < -0.39 is 40.9 Å². The first kappa shape index (κ1) is 29.8. The number of carbonyl (C=O) groups excluding carboxylic acids is 2. The molecule has 4 aromatic carbocycles. The van der Waals surface area contributed by atoms with Crippen LogP contribution in [-0.4, -0.2) is 55.5 Å². The Bertz CT molecular complexity index is 1710. The normalized spacial score (nSPS) is 16.4. The summed E-state index contributed by atoms with van der Waals surface area (Å²) >= 11 is 0. The van der Waals surface area contributed by atoms with E-state index >= 15 is 0 Å². The molecular formula is C34H32N2O8. The molecule has 5 rings (SSSR count). The average Bonchev–Trinajstić information content (AvgIpc) is 3.32. The van der Waals surface area contributed by atoms with Gasteiger partial charge in [-0.15, -0.1) is 0 Å². The van der Waals surface area contributed by atoms with Gasteiger partial charge >= 0.3 is 0 Å². The summed E-state index contributed by atoms with van der Waals surface area (Å²) in [6.07, 6.45) is 2.26. The first-order valence-corrected chi connectivity index (χ1v) is 14.0. The number of phenols is 6. The number of phenolic OH excluding ortho intramolecular Hbond substituents is 6. The highest BCUT2D eigenvalue weighted by Gasteiger charge is 2.44. The van der Waals surface area contributed by atoms with Gasteiger partial charge in [-0.1, -0.05) is 36.4 Å². The van der Waals surface area contributed by atoms with E-state index in [1.165, 1.54) is 36.4 Å². The number of aromatic hydroxyl groups is 6. The van der Waals surface area contributed by atoms with Gasteiger partial charge in [0, 0.05) is 30.6 Å². The molecule has 226 valence electrons. The molecule has 0 aromatic heterocycles. The van der Waals surface area contributed by atoms with Crippen LogP contribution in [0.15, 0.2) is 84.9 Å². The van der Waals surface area contributed by atoms with Crippen LogP contribution in [0.4, 0.5) is 0 Å². The van der Waals surface area contributed by atoms with Gasteiger partial charge in [-0.05, 0) is 83.1 Å². The molecule has 10 nitrogen and oxygen atoms in total. The van der Waals surface area contributed by atoms with Crippen molar-refractivity contribution in [3.8, 4) is 34.5 Å². The molecule has 0 unspecified atom stereocenters. The van der Waals surface area contributed by atoms with E-state index in [9.17, 15) is 40.2 Å². The highest BCUT2D eigenvalue weighted by molar-refractivity contribution is 6.05. The summed E-state index contributed by atoms with van der Waals surface area (Å²) in [6, 6.07) is 20.0. The van der Waals surface area contributed by atoms with Crippen LogP contribution in [0, 0.1) is 5.92 Å². The van der Waals surface area contributed by atoms with Crippen molar-refractivity contribution in [2.24, 2.45) is 5.92 Å². The van der Waals surface area contributed by atoms with Crippen molar-refractivity contribution in [3.05, 3.63) is 113 Å². The van der Waals surface area contributed by atoms with Crippen molar-refractivity contribution in [2.75, 3.05) is 13.1 Å². The van der Waals surface area contributed by atoms with E-state index in [0.29, 0.717) is 29.5 Å². The lowest BCUT2D eigenvalue weighted by atomic mass is 9.83. The van der Waals surface area contributed by atoms with Crippen molar-refractivity contribution in [2.45, 2.75) is 18.8 Å². The van der Waals surface area contributed by atoms with E-state index in [2.05, 4.69) is 10.6 Å². The molecule has 1 aliphatic rings. The van der Waals surface area contributed by atoms with Crippen LogP contribution in [0.5, 0.6) is 34.5 Å². The number of nitrogens with one attached hydrogen (secondary N) is 2. The zero-order valence-electron chi connectivity index (χ0n) is 23.6. The molecule has 0 saturated carbocycles. The summed E-state index contributed by atoms with van der Waals surface area (Å²) in [7, 11) is 0. The Kier molecular flexibility index (Phi) is 8.61. The summed E-state index contributed by atoms with van der Waals surface area (Å²) < 4.78 is 0. The molecule has 2 amide bonds. The molecule has 0 bridgehead atoms. The van der Waals surface area contributed by atoms with Gasteiger partial charge in [-0.25, -0.2) is 0 Å². The Labute approximate surface area is 253 Å². The van der Waals surface area contributed by atoms with Crippen molar-refractivity contribution in [3.63, 3.8) is 0 Å². The first-order valence-electron chi connectivity index (χ1n) is 14.0. The van der Waals surface area contributed by atoms with Gasteiger partial charge in [0.1, 0.15) is 11.5 Å². The van der Waals surface area contributed by atoms with Gasteiger partial charge in [0.25, 0.3) is 0 Å². The van der Waals surface area contributed by atoms with Crippen molar-refractivity contribution in [1.29, 1.82) is 0 Å². The molecule has 8 N–H and O–H groups in total. The van der Waals surface area contributed by atoms with Crippen molar-refractivity contribution >= 4 is 17.4 Å². The van der Waals surface area contributed by atoms with Crippen LogP contribution in [0.25, 0.3) is 5.57 Å². The Hall–Kier alpha value is -5.64. The third-order valence-corrected chi connectivity index (χ3v) is 7.71. The molecule has 1 aliphatic carbocycles. The topological polar surface area (TPSA) is 180 Å². The van der Waals surface area contributed by atoms with E-state index in [4.69, 9.17) is 0 Å². The van der Waals surface area contributed by atoms with Crippen molar-refractivity contribution < 1.29 is 40.2 Å². The quantitative estimate of drug-likeness (QED) is 0.106. The lowest BCUT2D eigenvalue weighted by Gasteiger charge is -2.22. The zero-order chi connectivity index (χ0) is 31.4. The van der Waals surface area contributed by atoms with Crippen LogP contribution in [0.3, 0.4) is 0 Å². The Morgan fingerprint density at radius 3 is 1.82 bits per heavy atom. The van der Waals surface area contributed by atoms with Crippen molar-refractivity contribution in [1.82, 2.24) is 10.6 Å². The van der Waals surface area contributed by atoms with E-state index in [1.54, 1.807) is 48.5 Å². The van der Waals surface area contributed by atoms with Crippen LogP contribution in [0.1, 0.15) is 33.7 Å². The van der Waals surface area contributed by atoms with Crippen LogP contribution >= 0.6 is 0 Å². The zero-order valence-corrected chi connectivity index (χ0v) is 23.6. The summed E-state index contributed by atoms with van der Waals surface area (Å²) in [4.78, 5) is 27.1. The second-order valence-electron chi connectivity index (χ2n) is 10.6. The predicted molar refractivity (Wildman–Crippen MR) is 162 cm³/mol. The van der Waals surface area contributed by atoms with Crippen LogP contribution < -0.4 is 10.6 Å². The molecule has 0 saturated heterocycles. The van der Waals surface area contributed by atoms with Gasteiger partial charge in [0.15, 0.2) is 23.0 Å². The number of hydrogen-bond acceptors (Lipinski definition) is 8. The van der Waals surface area contributed by atoms with E-state index in [1.807, 2.05) is 0 Å². The van der Waals surface area contributed by atoms with E-state index in [-0.39, 0.29) is 35.9 Å². The second-order valence-corrected chi connectivity index (χ2v) is 10.6. The molecule has 10 heteroatoms. The number of rotatable bonds is 9. The summed E-state index contributed by atoms with van der Waals surface area (Å²) in [6.45, 7) is 0.507. The van der Waals surface area contributed by atoms with Crippen LogP contribution in [-0.2, 0) is 22.4 Å². The maximum absolute atomic E-state index is 13.9. The van der Waals surface area contributed by atoms with E-state index in [0.717, 1.165) is 11.1 Å². The molecule has 0 radical (unpaired) electrons. The lowest BCUT2D eigenvalue weighted by Crippen LogP contribution is -2.34. The van der Waals surface area contributed by atoms with Gasteiger partial charge in [-0.3, -0.25) is 9.59 Å². The molecule has 0 fully saturated rings. The SMILES string of the molecule is O=C(C=C1c2ccc(O)c(O)c2[C@H](c2ccc(O)c(O)c2)[C@@H]1C(=O)NCCc1ccc(O)cc1)NCCc1ccc(O)cc1. The Morgan fingerprint density at radius 2 is 1.23 bits per heavy atom. The maximum atomic E-state index is 13.9. The fraction of sp³-hybridized carbons (Fsp3) is 0.176. The summed E-state index contributed by atoms with van der Waals surface area (Å²) in [5.74, 6) is -4.32. The molecule has 0 heterocycles. The highest BCUT2D eigenvalue weighted by atomic mass is 16.3. The monoisotopic (exact) mass is 596 g/mol. The number of hydrogen-bond donors (Lipinski definition) is 8. The second kappa shape index (κ2) is 12.7. The first-order chi connectivity index (χ1) is 21.1. The fourth-order valence-corrected chi connectivity index (χ4v) is 5.52. The number of fused-ring (bicyclic) bond motifs is 1. The number of amides is 2. The minimum Gasteiger partial charge on any atom is -0.508 e. The molecule has 0 spiro atoms. The standard InChI is InChI=1S/C34H32N2O8/c37-22-6-1-19(2-7-22)13-15-35-29(42)18-25-24-10-12-27(40)33(43)31(24)30(21-5-11-26(39)28(41)17-21)32(25)34(44)36-16-14-20-3-8-23(38)9-4-20/h1-12,17-18,30,32,37-41,43H,13-16H2,(H,35,42)(H,36,44)/t30-,32+/m0/s1. The molecule has 44 heavy (non-hydrogen) atoms. The third kappa shape index (κ3) is 6.39. The number of carbonyl (C=O) groups is 2. The van der Waals surface area contributed by atoms with Gasteiger partial charge < -0.3 is 41.3 Å². The number of benzene rings is 4. The molecule has 0 aliphatic heterocycles. The van der Waals surface area contributed by atoms with Crippen LogP contribution in [0.2, 0.25) is 0 Å². The Balaban J connectivity index is 1.47. The lowest BCUT2D eigenvalue weighted by molar-refractivity contribution is -0.123. The highest BCUT2D eigenvalue weighted by Crippen LogP contribution is 2.55. The predicted octanol–water partition coefficient (Wildman–Crippen LogP) is 3.78. The third-order valence-electron chi connectivity index (χ3n) is 7.71. The maximum Gasteiger partial charge on any atom is 0.244 e. The molecular weight excluding hydrogens is 564 g/mol. The Morgan fingerprint density at radius 1 is 0.659 bits per heavy atom. The van der Waals surface area contributed by atoms with Gasteiger partial charge in [0.2, 0.25) is 11.8 Å². The minimum absolute atomic E-state index is 0.126. The fourth-order valence-electron chi connectivity index (χ4n) is 5.52. The largest absolute Gasteiger partial charge is 0.508 e. The smallest absolute Gasteiger partial charge is 0.244 e. The average molecular weight is 597 g/mol. The van der Waals surface area contributed by atoms with Gasteiger partial charge in [-0.2, -0.15) is 0 Å². The van der Waals surface area contributed by atoms with Gasteiger partial charge in [0.05, 0.1) is 5.92 Å². The summed E-state index contributed by atoms with van der Waals surface area (Å²) in [5.41, 5.74) is 3.04. The molecule has 4 aromatic rings. The molecule has 2 atom stereocenters. The minimum atomic E-state index is -1.05. The summed E-state index contributed by atoms with van der Waals surface area (Å²) in [5, 5.41) is 66.4.